The zero-order valence-electron chi connectivity index (χ0n) is 21.2. The summed E-state index contributed by atoms with van der Waals surface area (Å²) in [5.41, 5.74) is 0.172. The summed E-state index contributed by atoms with van der Waals surface area (Å²) < 4.78 is 34.2. The van der Waals surface area contributed by atoms with Crippen LogP contribution in [0.25, 0.3) is 0 Å². The Morgan fingerprint density at radius 1 is 1.06 bits per heavy atom. The normalized spacial score (nSPS) is 18.1. The number of benzene rings is 1. The molecule has 1 heterocycles. The molecule has 0 aliphatic carbocycles. The van der Waals surface area contributed by atoms with Crippen LogP contribution in [0.1, 0.15) is 92.2 Å². The minimum Gasteiger partial charge on any atom is -0.434 e. The molecule has 181 valence electrons. The van der Waals surface area contributed by atoms with Crippen LogP contribution in [0.2, 0.25) is 6.32 Å². The van der Waals surface area contributed by atoms with E-state index in [1.54, 1.807) is 0 Å². The fourth-order valence-corrected chi connectivity index (χ4v) is 4.64. The van der Waals surface area contributed by atoms with Gasteiger partial charge in [-0.25, -0.2) is 8.78 Å². The van der Waals surface area contributed by atoms with Gasteiger partial charge in [0.1, 0.15) is 11.6 Å². The molecule has 1 aromatic carbocycles. The van der Waals surface area contributed by atoms with E-state index in [1.165, 1.54) is 31.0 Å². The molecule has 0 spiro atoms. The summed E-state index contributed by atoms with van der Waals surface area (Å²) in [5, 5.41) is 0. The lowest BCUT2D eigenvalue weighted by Crippen LogP contribution is -2.44. The van der Waals surface area contributed by atoms with Gasteiger partial charge in [0.2, 0.25) is 0 Å². The number of piperidine rings is 1. The van der Waals surface area contributed by atoms with Crippen LogP contribution < -0.4 is 0 Å². The molecule has 1 saturated heterocycles. The van der Waals surface area contributed by atoms with Crippen LogP contribution >= 0.6 is 12.6 Å². The Balaban J connectivity index is 1.75. The van der Waals surface area contributed by atoms with Crippen molar-refractivity contribution >= 4 is 20.1 Å². The molecule has 0 N–H and O–H groups in total. The van der Waals surface area contributed by atoms with Crippen LogP contribution in [0.15, 0.2) is 18.2 Å². The summed E-state index contributed by atoms with van der Waals surface area (Å²) in [6.45, 7) is 16.7. The van der Waals surface area contributed by atoms with Crippen molar-refractivity contribution in [3.63, 3.8) is 0 Å². The minimum absolute atomic E-state index is 0.199. The third-order valence-electron chi connectivity index (χ3n) is 7.84. The third kappa shape index (κ3) is 7.20. The quantitative estimate of drug-likeness (QED) is 0.206. The molecule has 0 aromatic heterocycles. The van der Waals surface area contributed by atoms with Crippen LogP contribution in [0.3, 0.4) is 0 Å². The van der Waals surface area contributed by atoms with E-state index in [0.29, 0.717) is 5.92 Å². The number of rotatable bonds is 11. The average Bonchev–Trinajstić information content (AvgIpc) is 2.69. The summed E-state index contributed by atoms with van der Waals surface area (Å²) in [4.78, 5) is 2.23. The molecule has 6 heteroatoms. The maximum absolute atomic E-state index is 14.2. The molecule has 32 heavy (non-hydrogen) atoms. The Hall–Kier alpha value is -0.585. The van der Waals surface area contributed by atoms with Crippen molar-refractivity contribution in [1.82, 2.24) is 4.90 Å². The molecule has 0 amide bonds. The van der Waals surface area contributed by atoms with Crippen molar-refractivity contribution in [3.05, 3.63) is 35.4 Å². The zero-order valence-corrected chi connectivity index (χ0v) is 22.1. The first-order valence-corrected chi connectivity index (χ1v) is 12.6. The molecule has 2 nitrogen and oxygen atoms in total. The lowest BCUT2D eigenvalue weighted by molar-refractivity contribution is 0.0700. The third-order valence-corrected chi connectivity index (χ3v) is 8.38. The van der Waals surface area contributed by atoms with Crippen molar-refractivity contribution in [2.75, 3.05) is 13.1 Å². The molecule has 2 rings (SSSR count). The van der Waals surface area contributed by atoms with E-state index in [9.17, 15) is 8.78 Å². The first-order valence-electron chi connectivity index (χ1n) is 12.2. The largest absolute Gasteiger partial charge is 0.434 e. The second-order valence-corrected chi connectivity index (χ2v) is 12.3. The zero-order chi connectivity index (χ0) is 24.2. The van der Waals surface area contributed by atoms with Gasteiger partial charge in [-0.15, -0.1) is 0 Å². The van der Waals surface area contributed by atoms with E-state index in [1.807, 2.05) is 14.4 Å². The second kappa shape index (κ2) is 11.2. The molecule has 0 bridgehead atoms. The van der Waals surface area contributed by atoms with Gasteiger partial charge < -0.3 is 4.65 Å². The molecule has 1 atom stereocenters. The van der Waals surface area contributed by atoms with Gasteiger partial charge in [0.05, 0.1) is 5.60 Å². The van der Waals surface area contributed by atoms with Gasteiger partial charge in [0.15, 0.2) is 0 Å². The summed E-state index contributed by atoms with van der Waals surface area (Å²) >= 11 is 4.64. The number of thiol groups is 1. The van der Waals surface area contributed by atoms with Crippen LogP contribution in [0.4, 0.5) is 8.78 Å². The predicted molar refractivity (Wildman–Crippen MR) is 135 cm³/mol. The SMILES string of the molecule is CC(c1c(F)cccc1F)N1CCC(C(C)(C)CCCC[B]OC(C)(C)C(C)(C)S)CC1. The Morgan fingerprint density at radius 3 is 2.16 bits per heavy atom. The number of nitrogens with zero attached hydrogens (tertiary/aromatic N) is 1. The van der Waals surface area contributed by atoms with Crippen molar-refractivity contribution in [2.45, 2.75) is 103 Å². The van der Waals surface area contributed by atoms with Gasteiger partial charge in [-0.3, -0.25) is 4.90 Å². The summed E-state index contributed by atoms with van der Waals surface area (Å²) in [6, 6.07) is 3.91. The highest BCUT2D eigenvalue weighted by Gasteiger charge is 2.35. The number of halogens is 2. The van der Waals surface area contributed by atoms with E-state index in [4.69, 9.17) is 4.65 Å². The molecule has 1 aliphatic heterocycles. The van der Waals surface area contributed by atoms with E-state index in [0.717, 1.165) is 38.7 Å². The standard InChI is InChI=1S/C26H43BF2NOS/c1-19(23-21(28)11-10-12-22(23)29)30-17-13-20(14-18-30)24(2,3)15-8-9-16-27-31-25(4,5)26(6,7)32/h10-12,19-20,32H,8-9,13-18H2,1-7H3. The van der Waals surface area contributed by atoms with Crippen molar-refractivity contribution in [1.29, 1.82) is 0 Å². The van der Waals surface area contributed by atoms with Gasteiger partial charge in [0.25, 0.3) is 7.48 Å². The summed E-state index contributed by atoms with van der Waals surface area (Å²) in [6.07, 6.45) is 6.59. The monoisotopic (exact) mass is 466 g/mol. The van der Waals surface area contributed by atoms with E-state index < -0.39 is 11.6 Å². The lowest BCUT2D eigenvalue weighted by atomic mass is 9.70. The molecular formula is C26H43BF2NOS. The Kier molecular flexibility index (Phi) is 9.70. The average molecular weight is 467 g/mol. The Morgan fingerprint density at radius 2 is 1.62 bits per heavy atom. The Labute approximate surface area is 201 Å². The molecule has 1 aromatic rings. The number of hydrogen-bond acceptors (Lipinski definition) is 3. The maximum Gasteiger partial charge on any atom is 0.293 e. The van der Waals surface area contributed by atoms with Crippen molar-refractivity contribution in [2.24, 2.45) is 11.3 Å². The van der Waals surface area contributed by atoms with Crippen LogP contribution in [-0.2, 0) is 4.65 Å². The van der Waals surface area contributed by atoms with E-state index in [-0.39, 0.29) is 27.4 Å². The molecule has 1 fully saturated rings. The molecule has 1 radical (unpaired) electrons. The molecule has 0 saturated carbocycles. The van der Waals surface area contributed by atoms with Gasteiger partial charge in [-0.1, -0.05) is 39.1 Å². The van der Waals surface area contributed by atoms with E-state index in [2.05, 4.69) is 59.1 Å². The highest BCUT2D eigenvalue weighted by atomic mass is 32.1. The highest BCUT2D eigenvalue weighted by molar-refractivity contribution is 7.81. The van der Waals surface area contributed by atoms with E-state index >= 15 is 0 Å². The van der Waals surface area contributed by atoms with Crippen molar-refractivity contribution in [3.8, 4) is 0 Å². The fourth-order valence-electron chi connectivity index (χ4n) is 4.58. The lowest BCUT2D eigenvalue weighted by Gasteiger charge is -2.43. The van der Waals surface area contributed by atoms with Crippen LogP contribution in [0.5, 0.6) is 0 Å². The first-order chi connectivity index (χ1) is 14.8. The number of likely N-dealkylation sites (tertiary alicyclic amines) is 1. The van der Waals surface area contributed by atoms with Crippen LogP contribution in [0, 0.1) is 23.0 Å². The maximum atomic E-state index is 14.2. The molecule has 1 unspecified atom stereocenters. The minimum atomic E-state index is -0.443. The molecular weight excluding hydrogens is 423 g/mol. The number of unbranched alkanes of at least 4 members (excludes halogenated alkanes) is 1. The summed E-state index contributed by atoms with van der Waals surface area (Å²) in [7, 11) is 1.95. The first kappa shape index (κ1) is 27.7. The topological polar surface area (TPSA) is 12.5 Å². The second-order valence-electron chi connectivity index (χ2n) is 11.2. The van der Waals surface area contributed by atoms with Gasteiger partial charge >= 0.3 is 0 Å². The van der Waals surface area contributed by atoms with Gasteiger partial charge in [-0.2, -0.15) is 12.6 Å². The highest BCUT2D eigenvalue weighted by Crippen LogP contribution is 2.41. The van der Waals surface area contributed by atoms with Gasteiger partial charge in [0, 0.05) is 16.4 Å². The fraction of sp³-hybridized carbons (Fsp3) is 0.769. The van der Waals surface area contributed by atoms with Crippen LogP contribution in [-0.4, -0.2) is 35.8 Å². The number of hydrogen-bond donors (Lipinski definition) is 1. The van der Waals surface area contributed by atoms with Gasteiger partial charge in [-0.05, 0) is 90.4 Å². The van der Waals surface area contributed by atoms with Crippen molar-refractivity contribution < 1.29 is 13.4 Å². The predicted octanol–water partition coefficient (Wildman–Crippen LogP) is 7.48. The Bertz CT molecular complexity index is 707. The summed E-state index contributed by atoms with van der Waals surface area (Å²) in [5.74, 6) is -0.246. The smallest absolute Gasteiger partial charge is 0.293 e. The molecule has 1 aliphatic rings.